The Hall–Kier alpha value is -4.05. The van der Waals surface area contributed by atoms with Crippen LogP contribution in [-0.4, -0.2) is 12.6 Å². The molecule has 0 spiro atoms. The van der Waals surface area contributed by atoms with E-state index < -0.39 is 6.09 Å². The molecule has 1 aliphatic rings. The third kappa shape index (κ3) is 4.49. The van der Waals surface area contributed by atoms with Gasteiger partial charge in [0.05, 0.1) is 0 Å². The zero-order valence-electron chi connectivity index (χ0n) is 17.7. The van der Waals surface area contributed by atoms with Gasteiger partial charge in [-0.25, -0.2) is 4.79 Å². The Labute approximate surface area is 188 Å². The number of amides is 1. The lowest BCUT2D eigenvalue weighted by Crippen LogP contribution is -2.19. The number of carbonyl (C=O) groups is 1. The number of ether oxygens (including phenoxy) is 1. The standard InChI is InChI=1S/C28H24N2O2/c31-28(29-25-13-11-23(12-14-25)22-9-5-2-6-10-22)32-26-15-16-27-24(19-26)17-18-30(27)20-21-7-3-1-4-8-21/h1-16,19H,17-18,20H2,(H,29,31). The summed E-state index contributed by atoms with van der Waals surface area (Å²) in [6, 6.07) is 34.2. The van der Waals surface area contributed by atoms with E-state index in [1.54, 1.807) is 0 Å². The van der Waals surface area contributed by atoms with Crippen molar-refractivity contribution in [3.8, 4) is 16.9 Å². The number of hydrogen-bond donors (Lipinski definition) is 1. The summed E-state index contributed by atoms with van der Waals surface area (Å²) in [5, 5.41) is 2.81. The van der Waals surface area contributed by atoms with Crippen molar-refractivity contribution >= 4 is 17.5 Å². The van der Waals surface area contributed by atoms with Crippen molar-refractivity contribution in [3.63, 3.8) is 0 Å². The van der Waals surface area contributed by atoms with Gasteiger partial charge in [0, 0.05) is 24.5 Å². The van der Waals surface area contributed by atoms with Gasteiger partial charge in [-0.05, 0) is 59.0 Å². The SMILES string of the molecule is O=C(Nc1ccc(-c2ccccc2)cc1)Oc1ccc2c(c1)CCN2Cc1ccccc1. The Bertz CT molecular complexity index is 1210. The smallest absolute Gasteiger partial charge is 0.410 e. The molecule has 0 saturated heterocycles. The molecule has 0 unspecified atom stereocenters. The highest BCUT2D eigenvalue weighted by Gasteiger charge is 2.20. The summed E-state index contributed by atoms with van der Waals surface area (Å²) in [5.74, 6) is 0.559. The third-order valence-corrected chi connectivity index (χ3v) is 5.71. The highest BCUT2D eigenvalue weighted by Crippen LogP contribution is 2.32. The van der Waals surface area contributed by atoms with Crippen LogP contribution in [-0.2, 0) is 13.0 Å². The van der Waals surface area contributed by atoms with Crippen LogP contribution in [0.25, 0.3) is 11.1 Å². The van der Waals surface area contributed by atoms with Gasteiger partial charge in [-0.1, -0.05) is 72.8 Å². The average molecular weight is 421 g/mol. The van der Waals surface area contributed by atoms with Crippen LogP contribution in [0.1, 0.15) is 11.1 Å². The Balaban J connectivity index is 1.21. The van der Waals surface area contributed by atoms with Crippen molar-refractivity contribution in [2.45, 2.75) is 13.0 Å². The van der Waals surface area contributed by atoms with E-state index in [4.69, 9.17) is 4.74 Å². The maximum Gasteiger partial charge on any atom is 0.417 e. The number of hydrogen-bond acceptors (Lipinski definition) is 3. The molecule has 0 radical (unpaired) electrons. The zero-order valence-corrected chi connectivity index (χ0v) is 17.7. The van der Waals surface area contributed by atoms with Crippen LogP contribution in [0.5, 0.6) is 5.75 Å². The Morgan fingerprint density at radius 3 is 2.25 bits per heavy atom. The molecule has 0 aromatic heterocycles. The molecule has 4 heteroatoms. The van der Waals surface area contributed by atoms with Crippen molar-refractivity contribution in [2.24, 2.45) is 0 Å². The predicted molar refractivity (Wildman–Crippen MR) is 129 cm³/mol. The fraction of sp³-hybridized carbons (Fsp3) is 0.107. The fourth-order valence-corrected chi connectivity index (χ4v) is 4.11. The second-order valence-electron chi connectivity index (χ2n) is 7.91. The minimum absolute atomic E-state index is 0.489. The van der Waals surface area contributed by atoms with E-state index in [0.29, 0.717) is 11.4 Å². The van der Waals surface area contributed by atoms with E-state index >= 15 is 0 Å². The van der Waals surface area contributed by atoms with Gasteiger partial charge in [0.25, 0.3) is 0 Å². The number of benzene rings is 4. The van der Waals surface area contributed by atoms with Crippen LogP contribution >= 0.6 is 0 Å². The summed E-state index contributed by atoms with van der Waals surface area (Å²) in [7, 11) is 0. The lowest BCUT2D eigenvalue weighted by Gasteiger charge is -2.19. The molecule has 32 heavy (non-hydrogen) atoms. The molecule has 4 nitrogen and oxygen atoms in total. The van der Waals surface area contributed by atoms with Crippen LogP contribution in [0.4, 0.5) is 16.2 Å². The molecule has 5 rings (SSSR count). The monoisotopic (exact) mass is 420 g/mol. The number of nitrogens with zero attached hydrogens (tertiary/aromatic N) is 1. The molecule has 0 fully saturated rings. The van der Waals surface area contributed by atoms with Crippen LogP contribution in [0.3, 0.4) is 0 Å². The van der Waals surface area contributed by atoms with Crippen molar-refractivity contribution < 1.29 is 9.53 Å². The molecule has 0 saturated carbocycles. The zero-order chi connectivity index (χ0) is 21.8. The van der Waals surface area contributed by atoms with Crippen LogP contribution in [0, 0.1) is 0 Å². The second-order valence-corrected chi connectivity index (χ2v) is 7.91. The van der Waals surface area contributed by atoms with Gasteiger partial charge < -0.3 is 9.64 Å². The van der Waals surface area contributed by atoms with Gasteiger partial charge in [0.15, 0.2) is 0 Å². The van der Waals surface area contributed by atoms with E-state index in [-0.39, 0.29) is 0 Å². The molecule has 4 aromatic rings. The van der Waals surface area contributed by atoms with Gasteiger partial charge in [-0.15, -0.1) is 0 Å². The van der Waals surface area contributed by atoms with E-state index in [2.05, 4.69) is 46.6 Å². The number of anilines is 2. The highest BCUT2D eigenvalue weighted by atomic mass is 16.6. The molecular weight excluding hydrogens is 396 g/mol. The summed E-state index contributed by atoms with van der Waals surface area (Å²) in [4.78, 5) is 14.8. The first-order valence-electron chi connectivity index (χ1n) is 10.8. The fourth-order valence-electron chi connectivity index (χ4n) is 4.11. The first kappa shape index (κ1) is 19.9. The van der Waals surface area contributed by atoms with Crippen molar-refractivity contribution in [2.75, 3.05) is 16.8 Å². The summed E-state index contributed by atoms with van der Waals surface area (Å²) in [5.41, 5.74) is 6.64. The first-order chi connectivity index (χ1) is 15.7. The Morgan fingerprint density at radius 2 is 1.50 bits per heavy atom. The quantitative estimate of drug-likeness (QED) is 0.399. The van der Waals surface area contributed by atoms with Crippen LogP contribution in [0.2, 0.25) is 0 Å². The first-order valence-corrected chi connectivity index (χ1v) is 10.8. The minimum atomic E-state index is -0.489. The number of carbonyl (C=O) groups excluding carboxylic acids is 1. The Morgan fingerprint density at radius 1 is 0.812 bits per heavy atom. The maximum atomic E-state index is 12.4. The average Bonchev–Trinajstić information content (AvgIpc) is 3.22. The maximum absolute atomic E-state index is 12.4. The lowest BCUT2D eigenvalue weighted by molar-refractivity contribution is 0.215. The van der Waals surface area contributed by atoms with E-state index in [9.17, 15) is 4.79 Å². The minimum Gasteiger partial charge on any atom is -0.410 e. The lowest BCUT2D eigenvalue weighted by atomic mass is 10.1. The topological polar surface area (TPSA) is 41.6 Å². The van der Waals surface area contributed by atoms with E-state index in [0.717, 1.165) is 30.6 Å². The molecule has 0 atom stereocenters. The molecule has 1 aliphatic heterocycles. The van der Waals surface area contributed by atoms with Gasteiger partial charge in [-0.3, -0.25) is 5.32 Å². The second kappa shape index (κ2) is 8.98. The molecule has 1 N–H and O–H groups in total. The Kier molecular flexibility index (Phi) is 5.58. The summed E-state index contributed by atoms with van der Waals surface area (Å²) >= 11 is 0. The van der Waals surface area contributed by atoms with E-state index in [1.165, 1.54) is 16.8 Å². The van der Waals surface area contributed by atoms with Crippen LogP contribution < -0.4 is 15.0 Å². The van der Waals surface area contributed by atoms with E-state index in [1.807, 2.05) is 66.7 Å². The largest absolute Gasteiger partial charge is 0.417 e. The highest BCUT2D eigenvalue weighted by molar-refractivity contribution is 5.87. The molecular formula is C28H24N2O2. The van der Waals surface area contributed by atoms with Crippen LogP contribution in [0.15, 0.2) is 103 Å². The number of fused-ring (bicyclic) bond motifs is 1. The van der Waals surface area contributed by atoms with Gasteiger partial charge >= 0.3 is 6.09 Å². The summed E-state index contributed by atoms with van der Waals surface area (Å²) < 4.78 is 5.54. The molecule has 1 heterocycles. The molecule has 0 aliphatic carbocycles. The number of rotatable bonds is 5. The molecule has 4 aromatic carbocycles. The van der Waals surface area contributed by atoms with Gasteiger partial charge in [0.1, 0.15) is 5.75 Å². The molecule has 158 valence electrons. The molecule has 1 amide bonds. The molecule has 0 bridgehead atoms. The normalized spacial score (nSPS) is 12.3. The predicted octanol–water partition coefficient (Wildman–Crippen LogP) is 6.53. The van der Waals surface area contributed by atoms with Gasteiger partial charge in [0.2, 0.25) is 0 Å². The number of nitrogens with one attached hydrogen (secondary N) is 1. The van der Waals surface area contributed by atoms with Crippen molar-refractivity contribution in [1.29, 1.82) is 0 Å². The summed E-state index contributed by atoms with van der Waals surface area (Å²) in [6.45, 7) is 1.85. The third-order valence-electron chi connectivity index (χ3n) is 5.71. The van der Waals surface area contributed by atoms with Crippen molar-refractivity contribution in [1.82, 2.24) is 0 Å². The summed E-state index contributed by atoms with van der Waals surface area (Å²) in [6.07, 6.45) is 0.457. The van der Waals surface area contributed by atoms with Gasteiger partial charge in [-0.2, -0.15) is 0 Å². The van der Waals surface area contributed by atoms with Crippen molar-refractivity contribution in [3.05, 3.63) is 114 Å².